The van der Waals surface area contributed by atoms with E-state index < -0.39 is 6.10 Å². The normalized spacial score (nSPS) is 15.8. The molecule has 1 atom stereocenters. The van der Waals surface area contributed by atoms with E-state index in [9.17, 15) is 9.90 Å². The molecule has 8 heteroatoms. The Balaban J connectivity index is 1.40. The molecule has 8 nitrogen and oxygen atoms in total. The van der Waals surface area contributed by atoms with Crippen LogP contribution in [-0.2, 0) is 0 Å². The van der Waals surface area contributed by atoms with Gasteiger partial charge in [0.25, 0.3) is 5.91 Å². The summed E-state index contributed by atoms with van der Waals surface area (Å²) in [5.74, 6) is 0.500. The summed E-state index contributed by atoms with van der Waals surface area (Å²) in [6.07, 6.45) is 3.88. The summed E-state index contributed by atoms with van der Waals surface area (Å²) >= 11 is 0. The van der Waals surface area contributed by atoms with E-state index in [2.05, 4.69) is 14.9 Å². The number of hydrogen-bond donors (Lipinski definition) is 1. The molecule has 1 aromatic carbocycles. The first kappa shape index (κ1) is 18.8. The van der Waals surface area contributed by atoms with E-state index in [0.717, 1.165) is 0 Å². The number of aliphatic hydroxyl groups is 1. The van der Waals surface area contributed by atoms with Gasteiger partial charge in [0.15, 0.2) is 0 Å². The van der Waals surface area contributed by atoms with Crippen molar-refractivity contribution in [3.05, 3.63) is 54.1 Å². The van der Waals surface area contributed by atoms with Crippen LogP contribution in [0.4, 0.5) is 0 Å². The molecule has 1 fully saturated rings. The monoisotopic (exact) mass is 367 g/mol. The van der Waals surface area contributed by atoms with E-state index in [1.165, 1.54) is 18.6 Å². The highest BCUT2D eigenvalue weighted by atomic mass is 16.5. The van der Waals surface area contributed by atoms with Crippen LogP contribution in [0.25, 0.3) is 0 Å². The van der Waals surface area contributed by atoms with E-state index in [-0.39, 0.29) is 12.5 Å². The van der Waals surface area contributed by atoms with Gasteiger partial charge in [0.2, 0.25) is 0 Å². The van der Waals surface area contributed by atoms with Gasteiger partial charge in [0, 0.05) is 45.1 Å². The lowest BCUT2D eigenvalue weighted by atomic mass is 10.2. The van der Waals surface area contributed by atoms with Crippen molar-refractivity contribution in [3.8, 4) is 11.8 Å². The zero-order valence-corrected chi connectivity index (χ0v) is 14.9. The summed E-state index contributed by atoms with van der Waals surface area (Å²) in [6.45, 7) is 3.17. The molecule has 2 aromatic rings. The minimum atomic E-state index is -0.636. The number of β-amino-alcohol motifs (C(OH)–C–C–N with tert-alkyl or cyclic N) is 1. The topological polar surface area (TPSA) is 103 Å². The molecule has 0 radical (unpaired) electrons. The molecule has 1 aliphatic heterocycles. The largest absolute Gasteiger partial charge is 0.491 e. The van der Waals surface area contributed by atoms with E-state index in [0.29, 0.717) is 49.7 Å². The van der Waals surface area contributed by atoms with Crippen molar-refractivity contribution in [1.82, 2.24) is 19.8 Å². The number of ether oxygens (including phenoxy) is 1. The molecular formula is C19H21N5O3. The standard InChI is InChI=1S/C19H21N5O3/c20-11-15-1-3-17(4-2-15)27-14-16(25)13-23-7-9-24(10-8-23)19(26)18-12-21-5-6-22-18/h1-6,12,16,25H,7-10,13-14H2. The van der Waals surface area contributed by atoms with Gasteiger partial charge in [-0.3, -0.25) is 14.7 Å². The number of piperazine rings is 1. The van der Waals surface area contributed by atoms with Crippen molar-refractivity contribution in [2.75, 3.05) is 39.3 Å². The highest BCUT2D eigenvalue weighted by molar-refractivity contribution is 5.92. The summed E-state index contributed by atoms with van der Waals surface area (Å²) in [6, 6.07) is 8.82. The summed E-state index contributed by atoms with van der Waals surface area (Å²) in [7, 11) is 0. The first-order chi connectivity index (χ1) is 13.2. The number of carbonyl (C=O) groups is 1. The van der Waals surface area contributed by atoms with Crippen LogP contribution < -0.4 is 4.74 Å². The molecule has 0 saturated carbocycles. The average molecular weight is 367 g/mol. The predicted molar refractivity (Wildman–Crippen MR) is 97.0 cm³/mol. The minimum Gasteiger partial charge on any atom is -0.491 e. The highest BCUT2D eigenvalue weighted by Crippen LogP contribution is 2.12. The summed E-state index contributed by atoms with van der Waals surface area (Å²) in [5, 5.41) is 19.0. The fourth-order valence-corrected chi connectivity index (χ4v) is 2.87. The summed E-state index contributed by atoms with van der Waals surface area (Å²) in [5.41, 5.74) is 0.915. The van der Waals surface area contributed by atoms with Gasteiger partial charge in [-0.15, -0.1) is 0 Å². The number of nitrogens with zero attached hydrogens (tertiary/aromatic N) is 5. The van der Waals surface area contributed by atoms with Crippen molar-refractivity contribution in [3.63, 3.8) is 0 Å². The third-order valence-corrected chi connectivity index (χ3v) is 4.34. The van der Waals surface area contributed by atoms with Crippen molar-refractivity contribution < 1.29 is 14.6 Å². The van der Waals surface area contributed by atoms with E-state index in [1.54, 1.807) is 29.2 Å². The summed E-state index contributed by atoms with van der Waals surface area (Å²) in [4.78, 5) is 24.2. The van der Waals surface area contributed by atoms with Gasteiger partial charge in [-0.1, -0.05) is 0 Å². The average Bonchev–Trinajstić information content (AvgIpc) is 2.73. The van der Waals surface area contributed by atoms with Crippen LogP contribution in [0.1, 0.15) is 16.1 Å². The molecule has 2 heterocycles. The van der Waals surface area contributed by atoms with E-state index >= 15 is 0 Å². The van der Waals surface area contributed by atoms with Gasteiger partial charge < -0.3 is 14.7 Å². The Labute approximate surface area is 157 Å². The van der Waals surface area contributed by atoms with E-state index in [1.807, 2.05) is 6.07 Å². The molecule has 27 heavy (non-hydrogen) atoms. The van der Waals surface area contributed by atoms with Gasteiger partial charge >= 0.3 is 0 Å². The van der Waals surface area contributed by atoms with Gasteiger partial charge in [-0.05, 0) is 24.3 Å². The number of hydrogen-bond acceptors (Lipinski definition) is 7. The third kappa shape index (κ3) is 5.23. The molecule has 0 bridgehead atoms. The van der Waals surface area contributed by atoms with Crippen LogP contribution in [-0.4, -0.2) is 76.2 Å². The predicted octanol–water partition coefficient (Wildman–Crippen LogP) is 0.546. The first-order valence-electron chi connectivity index (χ1n) is 8.74. The first-order valence-corrected chi connectivity index (χ1v) is 8.74. The van der Waals surface area contributed by atoms with Crippen LogP contribution in [0.5, 0.6) is 5.75 Å². The quantitative estimate of drug-likeness (QED) is 0.795. The maximum Gasteiger partial charge on any atom is 0.274 e. The Morgan fingerprint density at radius 1 is 1.22 bits per heavy atom. The lowest BCUT2D eigenvalue weighted by Crippen LogP contribution is -2.51. The number of rotatable bonds is 6. The van der Waals surface area contributed by atoms with Crippen molar-refractivity contribution >= 4 is 5.91 Å². The highest BCUT2D eigenvalue weighted by Gasteiger charge is 2.24. The van der Waals surface area contributed by atoms with Gasteiger partial charge in [-0.2, -0.15) is 5.26 Å². The number of carbonyl (C=O) groups excluding carboxylic acids is 1. The summed E-state index contributed by atoms with van der Waals surface area (Å²) < 4.78 is 5.56. The number of nitriles is 1. The Morgan fingerprint density at radius 3 is 2.59 bits per heavy atom. The maximum atomic E-state index is 12.3. The Hall–Kier alpha value is -3.02. The molecule has 1 aromatic heterocycles. The van der Waals surface area contributed by atoms with Crippen molar-refractivity contribution in [1.29, 1.82) is 5.26 Å². The number of aromatic nitrogens is 2. The number of benzene rings is 1. The second-order valence-electron chi connectivity index (χ2n) is 6.28. The van der Waals surface area contributed by atoms with Crippen molar-refractivity contribution in [2.24, 2.45) is 0 Å². The molecular weight excluding hydrogens is 346 g/mol. The Kier molecular flexibility index (Phi) is 6.30. The Bertz CT molecular complexity index is 783. The number of aliphatic hydroxyl groups excluding tert-OH is 1. The lowest BCUT2D eigenvalue weighted by molar-refractivity contribution is 0.0401. The molecule has 1 saturated heterocycles. The smallest absolute Gasteiger partial charge is 0.274 e. The van der Waals surface area contributed by atoms with E-state index in [4.69, 9.17) is 10.00 Å². The second-order valence-corrected chi connectivity index (χ2v) is 6.28. The second kappa shape index (κ2) is 9.07. The van der Waals surface area contributed by atoms with Crippen LogP contribution in [0.3, 0.4) is 0 Å². The fraction of sp³-hybridized carbons (Fsp3) is 0.368. The molecule has 3 rings (SSSR count). The molecule has 1 amide bonds. The zero-order chi connectivity index (χ0) is 19.1. The third-order valence-electron chi connectivity index (χ3n) is 4.34. The molecule has 0 aliphatic carbocycles. The van der Waals surface area contributed by atoms with Crippen LogP contribution in [0.15, 0.2) is 42.9 Å². The molecule has 1 unspecified atom stereocenters. The van der Waals surface area contributed by atoms with Gasteiger partial charge in [-0.25, -0.2) is 4.98 Å². The molecule has 1 N–H and O–H groups in total. The fourth-order valence-electron chi connectivity index (χ4n) is 2.87. The van der Waals surface area contributed by atoms with Crippen molar-refractivity contribution in [2.45, 2.75) is 6.10 Å². The Morgan fingerprint density at radius 2 is 1.96 bits per heavy atom. The van der Waals surface area contributed by atoms with Gasteiger partial charge in [0.05, 0.1) is 17.8 Å². The van der Waals surface area contributed by atoms with Crippen LogP contribution in [0, 0.1) is 11.3 Å². The van der Waals surface area contributed by atoms with Crippen LogP contribution in [0.2, 0.25) is 0 Å². The maximum absolute atomic E-state index is 12.3. The number of amides is 1. The molecule has 1 aliphatic rings. The van der Waals surface area contributed by atoms with Gasteiger partial charge in [0.1, 0.15) is 24.2 Å². The lowest BCUT2D eigenvalue weighted by Gasteiger charge is -2.35. The SMILES string of the molecule is N#Cc1ccc(OCC(O)CN2CCN(C(=O)c3cnccn3)CC2)cc1. The van der Waals surface area contributed by atoms with Crippen LogP contribution >= 0.6 is 0 Å². The zero-order valence-electron chi connectivity index (χ0n) is 14.9. The minimum absolute atomic E-state index is 0.118. The molecule has 0 spiro atoms. The molecule has 140 valence electrons.